The summed E-state index contributed by atoms with van der Waals surface area (Å²) < 4.78 is 0. The lowest BCUT2D eigenvalue weighted by molar-refractivity contribution is 0.0880. The number of anilines is 1. The Morgan fingerprint density at radius 1 is 1.03 bits per heavy atom. The van der Waals surface area contributed by atoms with E-state index in [1.54, 1.807) is 36.1 Å². The Labute approximate surface area is 217 Å². The second kappa shape index (κ2) is 8.75. The number of hydrogen-bond donors (Lipinski definition) is 4. The van der Waals surface area contributed by atoms with Crippen LogP contribution in [0.3, 0.4) is 0 Å². The number of hydrogen-bond acceptors (Lipinski definition) is 8. The molecule has 0 amide bonds. The lowest BCUT2D eigenvalue weighted by atomic mass is 9.94. The van der Waals surface area contributed by atoms with E-state index in [4.69, 9.17) is 4.98 Å². The van der Waals surface area contributed by atoms with Gasteiger partial charge in [0.2, 0.25) is 0 Å². The third-order valence-electron chi connectivity index (χ3n) is 6.22. The number of nitrogens with one attached hydrogen (secondary N) is 3. The highest BCUT2D eigenvalue weighted by Crippen LogP contribution is 2.34. The van der Waals surface area contributed by atoms with E-state index >= 15 is 0 Å². The van der Waals surface area contributed by atoms with Gasteiger partial charge >= 0.3 is 0 Å². The number of imidazole rings is 1. The summed E-state index contributed by atoms with van der Waals surface area (Å²) in [5.41, 5.74) is 6.08. The fourth-order valence-corrected chi connectivity index (χ4v) is 4.95. The summed E-state index contributed by atoms with van der Waals surface area (Å²) in [5.74, 6) is 0.667. The molecule has 1 atom stereocenters. The van der Waals surface area contributed by atoms with Crippen LogP contribution in [0.2, 0.25) is 0 Å². The first-order valence-corrected chi connectivity index (χ1v) is 12.7. The van der Waals surface area contributed by atoms with Crippen molar-refractivity contribution in [3.05, 3.63) is 60.0 Å². The Bertz CT molecular complexity index is 1740. The van der Waals surface area contributed by atoms with Crippen molar-refractivity contribution in [1.82, 2.24) is 35.1 Å². The van der Waals surface area contributed by atoms with Crippen molar-refractivity contribution >= 4 is 39.1 Å². The van der Waals surface area contributed by atoms with Crippen LogP contribution in [0.15, 0.2) is 55.1 Å². The van der Waals surface area contributed by atoms with Crippen molar-refractivity contribution in [2.24, 2.45) is 5.41 Å². The molecule has 6 rings (SSSR count). The molecule has 4 N–H and O–H groups in total. The van der Waals surface area contributed by atoms with Gasteiger partial charge in [-0.2, -0.15) is 5.10 Å². The van der Waals surface area contributed by atoms with E-state index in [1.165, 1.54) is 4.88 Å². The van der Waals surface area contributed by atoms with E-state index in [9.17, 15) is 5.11 Å². The molecular formula is C27H26N8OS. The topological polar surface area (TPSA) is 128 Å². The quantitative estimate of drug-likeness (QED) is 0.217. The molecule has 37 heavy (non-hydrogen) atoms. The van der Waals surface area contributed by atoms with Gasteiger partial charge in [-0.05, 0) is 37.3 Å². The highest BCUT2D eigenvalue weighted by molar-refractivity contribution is 7.15. The Kier molecular flexibility index (Phi) is 5.50. The van der Waals surface area contributed by atoms with Gasteiger partial charge in [0.1, 0.15) is 23.1 Å². The summed E-state index contributed by atoms with van der Waals surface area (Å²) in [6.07, 6.45) is 6.33. The summed E-state index contributed by atoms with van der Waals surface area (Å²) in [7, 11) is 0. The van der Waals surface area contributed by atoms with Gasteiger partial charge in [-0.1, -0.05) is 20.8 Å². The Morgan fingerprint density at radius 3 is 2.65 bits per heavy atom. The number of aromatic nitrogens is 7. The van der Waals surface area contributed by atoms with Gasteiger partial charge in [-0.15, -0.1) is 11.3 Å². The zero-order valence-electron chi connectivity index (χ0n) is 20.9. The maximum atomic E-state index is 10.5. The number of H-pyrrole nitrogens is 2. The molecule has 186 valence electrons. The summed E-state index contributed by atoms with van der Waals surface area (Å²) in [4.78, 5) is 24.2. The average molecular weight is 511 g/mol. The van der Waals surface area contributed by atoms with E-state index in [2.05, 4.69) is 54.5 Å². The van der Waals surface area contributed by atoms with E-state index in [0.717, 1.165) is 49.5 Å². The summed E-state index contributed by atoms with van der Waals surface area (Å²) in [6.45, 7) is 8.00. The van der Waals surface area contributed by atoms with Crippen molar-refractivity contribution in [2.45, 2.75) is 33.9 Å². The molecule has 0 spiro atoms. The third kappa shape index (κ3) is 4.34. The summed E-state index contributed by atoms with van der Waals surface area (Å²) in [5, 5.41) is 21.9. The maximum Gasteiger partial charge on any atom is 0.181 e. The van der Waals surface area contributed by atoms with Crippen molar-refractivity contribution in [3.63, 3.8) is 0 Å². The minimum atomic E-state index is -0.712. The Morgan fingerprint density at radius 2 is 1.86 bits per heavy atom. The third-order valence-corrected chi connectivity index (χ3v) is 7.22. The van der Waals surface area contributed by atoms with Gasteiger partial charge in [-0.3, -0.25) is 15.1 Å². The van der Waals surface area contributed by atoms with Crippen LogP contribution in [0.1, 0.15) is 25.6 Å². The summed E-state index contributed by atoms with van der Waals surface area (Å²) >= 11 is 1.70. The normalized spacial score (nSPS) is 12.9. The molecule has 0 radical (unpaired) electrons. The molecule has 0 fully saturated rings. The lowest BCUT2D eigenvalue weighted by Crippen LogP contribution is -2.33. The number of fused-ring (bicyclic) bond motifs is 2. The van der Waals surface area contributed by atoms with Crippen molar-refractivity contribution in [1.29, 1.82) is 0 Å². The molecule has 1 unspecified atom stereocenters. The van der Waals surface area contributed by atoms with E-state index in [1.807, 2.05) is 39.0 Å². The number of aliphatic hydroxyl groups is 1. The number of aliphatic hydroxyl groups excluding tert-OH is 1. The molecule has 6 aromatic rings. The minimum Gasteiger partial charge on any atom is -0.373 e. The molecule has 0 aromatic carbocycles. The fourth-order valence-electron chi connectivity index (χ4n) is 4.09. The second-order valence-corrected chi connectivity index (χ2v) is 11.4. The fraction of sp³-hybridized carbons (Fsp3) is 0.222. The van der Waals surface area contributed by atoms with Crippen LogP contribution in [0.4, 0.5) is 5.69 Å². The van der Waals surface area contributed by atoms with Crippen LogP contribution >= 0.6 is 11.3 Å². The van der Waals surface area contributed by atoms with E-state index < -0.39 is 6.23 Å². The Hall–Kier alpha value is -4.15. The zero-order chi connectivity index (χ0) is 25.7. The number of thiophene rings is 1. The van der Waals surface area contributed by atoms with Crippen LogP contribution in [0.5, 0.6) is 0 Å². The Balaban J connectivity index is 1.39. The monoisotopic (exact) mass is 510 g/mol. The van der Waals surface area contributed by atoms with Gasteiger partial charge in [0.15, 0.2) is 11.5 Å². The lowest BCUT2D eigenvalue weighted by Gasteiger charge is -2.27. The van der Waals surface area contributed by atoms with Crippen LogP contribution in [-0.4, -0.2) is 46.5 Å². The van der Waals surface area contributed by atoms with Crippen molar-refractivity contribution < 1.29 is 5.11 Å². The first-order valence-electron chi connectivity index (χ1n) is 11.9. The second-order valence-electron chi connectivity index (χ2n) is 10.1. The number of nitrogens with zero attached hydrogens (tertiary/aromatic N) is 5. The highest BCUT2D eigenvalue weighted by Gasteiger charge is 2.22. The molecule has 0 saturated heterocycles. The standard InChI is InChI=1S/C27H26N8OS/c1-14-5-6-20(37-14)23-22-19(7-8-29-23)32-25(33-22)21-18-10-16(12-30-24(18)35-34-21)15-9-17(13-28-11-15)31-26(36)27(2,3)4/h5-13,26,31,36H,1-4H3,(H,32,33)(H,30,34,35). The molecule has 10 heteroatoms. The molecule has 0 bridgehead atoms. The van der Waals surface area contributed by atoms with E-state index in [0.29, 0.717) is 11.5 Å². The van der Waals surface area contributed by atoms with Crippen molar-refractivity contribution in [3.8, 4) is 33.2 Å². The summed E-state index contributed by atoms with van der Waals surface area (Å²) in [6, 6.07) is 10.1. The maximum absolute atomic E-state index is 10.5. The van der Waals surface area contributed by atoms with Gasteiger partial charge < -0.3 is 15.4 Å². The van der Waals surface area contributed by atoms with Crippen LogP contribution in [0.25, 0.3) is 55.3 Å². The van der Waals surface area contributed by atoms with Gasteiger partial charge in [0, 0.05) is 40.0 Å². The molecule has 6 aromatic heterocycles. The molecule has 6 heterocycles. The van der Waals surface area contributed by atoms with Crippen LogP contribution in [0, 0.1) is 12.3 Å². The number of rotatable bonds is 5. The number of aromatic amines is 2. The van der Waals surface area contributed by atoms with Gasteiger partial charge in [0.05, 0.1) is 27.7 Å². The van der Waals surface area contributed by atoms with Crippen molar-refractivity contribution in [2.75, 3.05) is 5.32 Å². The first kappa shape index (κ1) is 23.3. The molecule has 0 aliphatic carbocycles. The number of aryl methyl sites for hydroxylation is 1. The molecule has 0 saturated carbocycles. The largest absolute Gasteiger partial charge is 0.373 e. The van der Waals surface area contributed by atoms with Crippen LogP contribution in [-0.2, 0) is 0 Å². The van der Waals surface area contributed by atoms with Gasteiger partial charge in [0.25, 0.3) is 0 Å². The molecule has 0 aliphatic heterocycles. The average Bonchev–Trinajstić information content (AvgIpc) is 3.60. The van der Waals surface area contributed by atoms with Crippen LogP contribution < -0.4 is 5.32 Å². The minimum absolute atomic E-state index is 0.313. The smallest absolute Gasteiger partial charge is 0.181 e. The SMILES string of the molecule is Cc1ccc(-c2nccc3[nH]c(-c4[nH]nc5ncc(-c6cncc(NC(O)C(C)(C)C)c6)cc45)nc23)s1. The highest BCUT2D eigenvalue weighted by atomic mass is 32.1. The first-order chi connectivity index (χ1) is 17.8. The van der Waals surface area contributed by atoms with E-state index in [-0.39, 0.29) is 5.41 Å². The molecular weight excluding hydrogens is 484 g/mol. The molecule has 0 aliphatic rings. The predicted octanol–water partition coefficient (Wildman–Crippen LogP) is 5.77. The van der Waals surface area contributed by atoms with Gasteiger partial charge in [-0.25, -0.2) is 9.97 Å². The predicted molar refractivity (Wildman–Crippen MR) is 147 cm³/mol. The molecule has 9 nitrogen and oxygen atoms in total. The number of pyridine rings is 3. The zero-order valence-corrected chi connectivity index (χ0v) is 21.7.